The Balaban J connectivity index is 0.000000194. The van der Waals surface area contributed by atoms with Gasteiger partial charge < -0.3 is 14.6 Å². The van der Waals surface area contributed by atoms with Gasteiger partial charge in [-0.25, -0.2) is 4.98 Å². The third kappa shape index (κ3) is 6.80. The third-order valence-electron chi connectivity index (χ3n) is 5.13. The molecule has 0 bridgehead atoms. The van der Waals surface area contributed by atoms with Crippen molar-refractivity contribution in [2.75, 3.05) is 0 Å². The molecule has 6 heteroatoms. The fourth-order valence-electron chi connectivity index (χ4n) is 3.70. The summed E-state index contributed by atoms with van der Waals surface area (Å²) in [5, 5.41) is 1.84. The number of hydrogen-bond acceptors (Lipinski definition) is 3. The number of fused-ring (bicyclic) bond motifs is 1. The number of imidazole rings is 1. The van der Waals surface area contributed by atoms with Crippen LogP contribution >= 0.6 is 0 Å². The molecule has 0 saturated carbocycles. The molecule has 1 amide bonds. The van der Waals surface area contributed by atoms with Gasteiger partial charge in [-0.05, 0) is 30.4 Å². The van der Waals surface area contributed by atoms with Crippen LogP contribution in [0.1, 0.15) is 37.7 Å². The van der Waals surface area contributed by atoms with Crippen molar-refractivity contribution >= 4 is 30.6 Å². The SMILES string of the molecule is Cc1nc2ccc(CC(C)(C)C)cn2c1CC(N)=O.O=[Si](c1ccccc1)c1ccccc1. The van der Waals surface area contributed by atoms with Gasteiger partial charge in [-0.3, -0.25) is 4.79 Å². The van der Waals surface area contributed by atoms with Crippen molar-refractivity contribution < 1.29 is 9.26 Å². The average Bonchev–Trinajstić information content (AvgIpc) is 3.08. The Hall–Kier alpha value is -3.38. The Bertz CT molecular complexity index is 1200. The predicted molar refractivity (Wildman–Crippen MR) is 135 cm³/mol. The molecule has 2 N–H and O–H groups in total. The molecular formula is C27H31N3O2Si. The molecular weight excluding hydrogens is 426 g/mol. The van der Waals surface area contributed by atoms with E-state index in [-0.39, 0.29) is 17.7 Å². The lowest BCUT2D eigenvalue weighted by atomic mass is 9.89. The van der Waals surface area contributed by atoms with Gasteiger partial charge in [-0.15, -0.1) is 0 Å². The van der Waals surface area contributed by atoms with Crippen molar-refractivity contribution in [3.05, 3.63) is 95.9 Å². The molecule has 2 aromatic heterocycles. The van der Waals surface area contributed by atoms with Crippen LogP contribution in [0, 0.1) is 12.3 Å². The second kappa shape index (κ2) is 10.5. The van der Waals surface area contributed by atoms with E-state index in [1.165, 1.54) is 5.56 Å². The van der Waals surface area contributed by atoms with Crippen LogP contribution in [-0.4, -0.2) is 24.0 Å². The molecule has 170 valence electrons. The number of carbonyl (C=O) groups excluding carboxylic acids is 1. The highest BCUT2D eigenvalue weighted by molar-refractivity contribution is 6.72. The fraction of sp³-hybridized carbons (Fsp3) is 0.259. The maximum absolute atomic E-state index is 12.0. The number of pyridine rings is 1. The quantitative estimate of drug-likeness (QED) is 0.466. The first-order chi connectivity index (χ1) is 15.6. The highest BCUT2D eigenvalue weighted by Gasteiger charge is 2.15. The first-order valence-corrected chi connectivity index (χ1v) is 12.4. The molecule has 0 saturated heterocycles. The van der Waals surface area contributed by atoms with Gasteiger partial charge in [0.05, 0.1) is 17.8 Å². The van der Waals surface area contributed by atoms with Crippen LogP contribution in [-0.2, 0) is 22.1 Å². The Morgan fingerprint density at radius 2 is 1.48 bits per heavy atom. The monoisotopic (exact) mass is 457 g/mol. The lowest BCUT2D eigenvalue weighted by Gasteiger charge is -2.18. The molecule has 0 fully saturated rings. The number of nitrogens with two attached hydrogens (primary N) is 1. The lowest BCUT2D eigenvalue weighted by Crippen LogP contribution is -2.33. The lowest BCUT2D eigenvalue weighted by molar-refractivity contribution is -0.117. The highest BCUT2D eigenvalue weighted by Crippen LogP contribution is 2.22. The number of hydrogen-bond donors (Lipinski definition) is 1. The minimum absolute atomic E-state index is 0.228. The summed E-state index contributed by atoms with van der Waals surface area (Å²) in [5.74, 6) is -0.328. The first-order valence-electron chi connectivity index (χ1n) is 11.0. The largest absolute Gasteiger partial charge is 0.376 e. The molecule has 0 aliphatic heterocycles. The number of benzene rings is 2. The van der Waals surface area contributed by atoms with E-state index in [2.05, 4.69) is 38.0 Å². The van der Waals surface area contributed by atoms with E-state index in [9.17, 15) is 9.26 Å². The topological polar surface area (TPSA) is 77.5 Å². The van der Waals surface area contributed by atoms with E-state index in [4.69, 9.17) is 5.73 Å². The predicted octanol–water partition coefficient (Wildman–Crippen LogP) is 3.48. The Morgan fingerprint density at radius 1 is 0.939 bits per heavy atom. The van der Waals surface area contributed by atoms with Gasteiger partial charge in [0.15, 0.2) is 0 Å². The molecule has 0 spiro atoms. The summed E-state index contributed by atoms with van der Waals surface area (Å²) in [4.78, 5) is 15.6. The molecule has 4 aromatic rings. The Morgan fingerprint density at radius 3 is 1.97 bits per heavy atom. The number of aryl methyl sites for hydroxylation is 1. The maximum atomic E-state index is 12.0. The average molecular weight is 458 g/mol. The fourth-order valence-corrected chi connectivity index (χ4v) is 5.02. The normalized spacial score (nSPS) is 11.0. The van der Waals surface area contributed by atoms with Gasteiger partial charge in [0.25, 0.3) is 0 Å². The van der Waals surface area contributed by atoms with Crippen molar-refractivity contribution in [1.29, 1.82) is 0 Å². The number of primary amides is 1. The van der Waals surface area contributed by atoms with Crippen LogP contribution in [0.3, 0.4) is 0 Å². The van der Waals surface area contributed by atoms with Crippen LogP contribution in [0.4, 0.5) is 0 Å². The van der Waals surface area contributed by atoms with Gasteiger partial charge in [0.2, 0.25) is 5.91 Å². The van der Waals surface area contributed by atoms with E-state index in [0.717, 1.165) is 33.8 Å². The van der Waals surface area contributed by atoms with E-state index >= 15 is 0 Å². The number of amides is 1. The molecule has 0 aliphatic carbocycles. The molecule has 0 radical (unpaired) electrons. The second-order valence-electron chi connectivity index (χ2n) is 9.35. The smallest absolute Gasteiger partial charge is 0.346 e. The van der Waals surface area contributed by atoms with Crippen LogP contribution in [0.5, 0.6) is 0 Å². The van der Waals surface area contributed by atoms with Gasteiger partial charge in [-0.2, -0.15) is 0 Å². The zero-order valence-electron chi connectivity index (χ0n) is 19.7. The molecule has 0 atom stereocenters. The second-order valence-corrected chi connectivity index (χ2v) is 11.2. The van der Waals surface area contributed by atoms with Crippen molar-refractivity contribution in [2.45, 2.75) is 40.5 Å². The number of nitrogens with zero attached hydrogens (tertiary/aromatic N) is 2. The summed E-state index contributed by atoms with van der Waals surface area (Å²) in [7, 11) is -1.79. The molecule has 2 heterocycles. The van der Waals surface area contributed by atoms with Crippen molar-refractivity contribution in [1.82, 2.24) is 9.38 Å². The van der Waals surface area contributed by atoms with Crippen LogP contribution in [0.25, 0.3) is 5.65 Å². The van der Waals surface area contributed by atoms with E-state index in [1.54, 1.807) is 0 Å². The van der Waals surface area contributed by atoms with E-state index in [0.29, 0.717) is 0 Å². The van der Waals surface area contributed by atoms with Crippen LogP contribution in [0.15, 0.2) is 79.0 Å². The molecule has 2 aromatic carbocycles. The number of rotatable bonds is 5. The van der Waals surface area contributed by atoms with E-state index in [1.807, 2.05) is 78.1 Å². The van der Waals surface area contributed by atoms with Gasteiger partial charge >= 0.3 is 8.68 Å². The van der Waals surface area contributed by atoms with Crippen LogP contribution in [0.2, 0.25) is 0 Å². The van der Waals surface area contributed by atoms with Gasteiger partial charge in [0.1, 0.15) is 5.65 Å². The maximum Gasteiger partial charge on any atom is 0.346 e. The number of carbonyl (C=O) groups is 1. The number of aromatic nitrogens is 2. The van der Waals surface area contributed by atoms with Gasteiger partial charge in [-0.1, -0.05) is 87.5 Å². The summed E-state index contributed by atoms with van der Waals surface area (Å²) in [6.07, 6.45) is 3.28. The summed E-state index contributed by atoms with van der Waals surface area (Å²) >= 11 is 0. The summed E-state index contributed by atoms with van der Waals surface area (Å²) < 4.78 is 14.0. The zero-order chi connectivity index (χ0) is 24.0. The van der Waals surface area contributed by atoms with Crippen molar-refractivity contribution in [2.24, 2.45) is 11.1 Å². The van der Waals surface area contributed by atoms with Gasteiger partial charge in [0, 0.05) is 16.6 Å². The Kier molecular flexibility index (Phi) is 7.71. The van der Waals surface area contributed by atoms with E-state index < -0.39 is 8.68 Å². The molecule has 5 nitrogen and oxygen atoms in total. The zero-order valence-corrected chi connectivity index (χ0v) is 20.7. The molecule has 4 rings (SSSR count). The molecule has 0 aliphatic rings. The highest BCUT2D eigenvalue weighted by atomic mass is 28.3. The first kappa shape index (κ1) is 24.3. The Labute approximate surface area is 197 Å². The minimum Gasteiger partial charge on any atom is -0.376 e. The van der Waals surface area contributed by atoms with Crippen molar-refractivity contribution in [3.8, 4) is 0 Å². The van der Waals surface area contributed by atoms with Crippen LogP contribution < -0.4 is 16.1 Å². The van der Waals surface area contributed by atoms with Crippen molar-refractivity contribution in [3.63, 3.8) is 0 Å². The standard InChI is InChI=1S/C15H21N3O.C12H10OSi/c1-10-12(7-13(16)19)18-9-11(8-15(2,3)4)5-6-14(18)17-10;13-14(11-7-3-1-4-8-11)12-9-5-2-6-10-12/h5-6,9H,7-8H2,1-4H3,(H2,16,19);1-10H. The third-order valence-corrected chi connectivity index (χ3v) is 6.84. The summed E-state index contributed by atoms with van der Waals surface area (Å²) in [6.45, 7) is 8.54. The summed E-state index contributed by atoms with van der Waals surface area (Å²) in [6, 6.07) is 23.3. The minimum atomic E-state index is -1.79. The molecule has 0 unspecified atom stereocenters. The molecule has 33 heavy (non-hydrogen) atoms. The summed E-state index contributed by atoms with van der Waals surface area (Å²) in [5.41, 5.74) is 9.39.